The fourth-order valence-corrected chi connectivity index (χ4v) is 3.68. The first kappa shape index (κ1) is 20.0. The Morgan fingerprint density at radius 2 is 1.89 bits per heavy atom. The van der Waals surface area contributed by atoms with Crippen LogP contribution in [0.1, 0.15) is 33.6 Å². The number of aromatic nitrogens is 3. The van der Waals surface area contributed by atoms with Crippen LogP contribution < -0.4 is 15.5 Å². The standard InChI is InChI=1S/C18H33N7O2/c1-13(2)20-17-21-16(19-6-10-26)22-18(23-17)24-7-4-15(5-8-24)25-9-11-27-14(3)12-25/h13-15,26H,4-12H2,1-3H3,(H2,19,20,21,22,23)/t14-/m1/s1. The summed E-state index contributed by atoms with van der Waals surface area (Å²) in [5.41, 5.74) is 0. The van der Waals surface area contributed by atoms with Crippen molar-refractivity contribution in [1.29, 1.82) is 0 Å². The van der Waals surface area contributed by atoms with Crippen molar-refractivity contribution in [1.82, 2.24) is 19.9 Å². The van der Waals surface area contributed by atoms with E-state index >= 15 is 0 Å². The van der Waals surface area contributed by atoms with Crippen LogP contribution in [0.3, 0.4) is 0 Å². The van der Waals surface area contributed by atoms with Gasteiger partial charge in [-0.3, -0.25) is 4.90 Å². The Labute approximate surface area is 161 Å². The van der Waals surface area contributed by atoms with E-state index in [-0.39, 0.29) is 12.6 Å². The van der Waals surface area contributed by atoms with Crippen molar-refractivity contribution in [2.45, 2.75) is 51.8 Å². The van der Waals surface area contributed by atoms with Gasteiger partial charge in [-0.25, -0.2) is 0 Å². The van der Waals surface area contributed by atoms with E-state index in [2.05, 4.69) is 56.2 Å². The molecule has 3 N–H and O–H groups in total. The summed E-state index contributed by atoms with van der Waals surface area (Å²) in [6, 6.07) is 0.842. The van der Waals surface area contributed by atoms with E-state index in [1.807, 2.05) is 0 Å². The minimum Gasteiger partial charge on any atom is -0.395 e. The molecule has 27 heavy (non-hydrogen) atoms. The van der Waals surface area contributed by atoms with Crippen molar-refractivity contribution >= 4 is 17.8 Å². The molecule has 3 rings (SSSR count). The van der Waals surface area contributed by atoms with E-state index in [4.69, 9.17) is 9.84 Å². The van der Waals surface area contributed by atoms with Crippen molar-refractivity contribution in [2.24, 2.45) is 0 Å². The first-order chi connectivity index (χ1) is 13.0. The number of nitrogens with zero attached hydrogens (tertiary/aromatic N) is 5. The Bertz CT molecular complexity index is 593. The molecule has 1 aromatic rings. The van der Waals surface area contributed by atoms with Crippen molar-refractivity contribution in [3.63, 3.8) is 0 Å². The highest BCUT2D eigenvalue weighted by atomic mass is 16.5. The van der Waals surface area contributed by atoms with Crippen LogP contribution in [-0.2, 0) is 4.74 Å². The number of anilines is 3. The number of aliphatic hydroxyl groups is 1. The zero-order valence-electron chi connectivity index (χ0n) is 16.7. The van der Waals surface area contributed by atoms with Gasteiger partial charge in [0.1, 0.15) is 0 Å². The lowest BCUT2D eigenvalue weighted by atomic mass is 10.0. The number of hydrogen-bond acceptors (Lipinski definition) is 9. The van der Waals surface area contributed by atoms with Gasteiger partial charge in [0.15, 0.2) is 0 Å². The van der Waals surface area contributed by atoms with Crippen LogP contribution >= 0.6 is 0 Å². The summed E-state index contributed by atoms with van der Waals surface area (Å²) in [6.45, 7) is 11.5. The van der Waals surface area contributed by atoms with Crippen LogP contribution in [-0.4, -0.2) is 89.1 Å². The van der Waals surface area contributed by atoms with Gasteiger partial charge in [-0.15, -0.1) is 0 Å². The fourth-order valence-electron chi connectivity index (χ4n) is 3.68. The molecule has 1 atom stereocenters. The Morgan fingerprint density at radius 1 is 1.15 bits per heavy atom. The van der Waals surface area contributed by atoms with Gasteiger partial charge in [0.2, 0.25) is 17.8 Å². The average Bonchev–Trinajstić information content (AvgIpc) is 2.66. The van der Waals surface area contributed by atoms with Gasteiger partial charge in [-0.05, 0) is 33.6 Å². The fraction of sp³-hybridized carbons (Fsp3) is 0.833. The number of aliphatic hydroxyl groups excluding tert-OH is 1. The molecule has 0 amide bonds. The topological polar surface area (TPSA) is 98.7 Å². The number of rotatable bonds is 7. The lowest BCUT2D eigenvalue weighted by Gasteiger charge is -2.41. The van der Waals surface area contributed by atoms with Gasteiger partial charge in [0, 0.05) is 44.8 Å². The molecular weight excluding hydrogens is 346 g/mol. The predicted molar refractivity (Wildman–Crippen MR) is 106 cm³/mol. The molecule has 2 fully saturated rings. The number of hydrogen-bond donors (Lipinski definition) is 3. The van der Waals surface area contributed by atoms with E-state index in [0.29, 0.717) is 36.5 Å². The molecule has 9 nitrogen and oxygen atoms in total. The van der Waals surface area contributed by atoms with E-state index in [1.165, 1.54) is 0 Å². The molecule has 1 aromatic heterocycles. The summed E-state index contributed by atoms with van der Waals surface area (Å²) in [6.07, 6.45) is 2.53. The van der Waals surface area contributed by atoms with Gasteiger partial charge >= 0.3 is 0 Å². The largest absolute Gasteiger partial charge is 0.395 e. The maximum absolute atomic E-state index is 9.06. The number of nitrogens with one attached hydrogen (secondary N) is 2. The molecule has 2 aliphatic heterocycles. The minimum atomic E-state index is 0.0390. The van der Waals surface area contributed by atoms with Gasteiger partial charge < -0.3 is 25.4 Å². The van der Waals surface area contributed by atoms with Gasteiger partial charge in [-0.2, -0.15) is 15.0 Å². The highest BCUT2D eigenvalue weighted by Gasteiger charge is 2.29. The molecule has 0 aromatic carbocycles. The molecule has 9 heteroatoms. The van der Waals surface area contributed by atoms with Gasteiger partial charge in [0.25, 0.3) is 0 Å². The maximum atomic E-state index is 9.06. The SMILES string of the molecule is CC(C)Nc1nc(NCCO)nc(N2CCC(N3CCO[C@H](C)C3)CC2)n1. The molecule has 0 radical (unpaired) electrons. The number of morpholine rings is 1. The summed E-state index contributed by atoms with van der Waals surface area (Å²) in [5, 5.41) is 15.4. The molecule has 2 saturated heterocycles. The van der Waals surface area contributed by atoms with Crippen LogP contribution in [0.2, 0.25) is 0 Å². The second-order valence-corrected chi connectivity index (χ2v) is 7.63. The van der Waals surface area contributed by atoms with Crippen LogP contribution in [0.5, 0.6) is 0 Å². The Morgan fingerprint density at radius 3 is 2.56 bits per heavy atom. The summed E-state index contributed by atoms with van der Waals surface area (Å²) in [7, 11) is 0. The lowest BCUT2D eigenvalue weighted by Crippen LogP contribution is -2.51. The normalized spacial score (nSPS) is 22.3. The van der Waals surface area contributed by atoms with Crippen molar-refractivity contribution in [2.75, 3.05) is 61.5 Å². The molecule has 152 valence electrons. The van der Waals surface area contributed by atoms with E-state index in [1.54, 1.807) is 0 Å². The molecule has 3 heterocycles. The van der Waals surface area contributed by atoms with E-state index in [0.717, 1.165) is 45.6 Å². The maximum Gasteiger partial charge on any atom is 0.231 e. The van der Waals surface area contributed by atoms with Crippen LogP contribution in [0.4, 0.5) is 17.8 Å². The van der Waals surface area contributed by atoms with Crippen LogP contribution in [0.15, 0.2) is 0 Å². The third kappa shape index (κ3) is 5.63. The van der Waals surface area contributed by atoms with Crippen molar-refractivity contribution < 1.29 is 9.84 Å². The van der Waals surface area contributed by atoms with E-state index in [9.17, 15) is 0 Å². The molecular formula is C18H33N7O2. The molecule has 0 unspecified atom stereocenters. The monoisotopic (exact) mass is 379 g/mol. The molecule has 0 bridgehead atoms. The minimum absolute atomic E-state index is 0.0390. The van der Waals surface area contributed by atoms with Crippen molar-refractivity contribution in [3.05, 3.63) is 0 Å². The number of ether oxygens (including phenoxy) is 1. The second-order valence-electron chi connectivity index (χ2n) is 7.63. The molecule has 2 aliphatic rings. The molecule has 0 spiro atoms. The second kappa shape index (κ2) is 9.48. The third-order valence-corrected chi connectivity index (χ3v) is 4.97. The Kier molecular flexibility index (Phi) is 7.03. The zero-order chi connectivity index (χ0) is 19.2. The quantitative estimate of drug-likeness (QED) is 0.635. The zero-order valence-corrected chi connectivity index (χ0v) is 16.7. The molecule has 0 saturated carbocycles. The smallest absolute Gasteiger partial charge is 0.231 e. The number of piperidine rings is 1. The van der Waals surface area contributed by atoms with Gasteiger partial charge in [0.05, 0.1) is 19.3 Å². The van der Waals surface area contributed by atoms with Crippen LogP contribution in [0.25, 0.3) is 0 Å². The summed E-state index contributed by atoms with van der Waals surface area (Å²) in [4.78, 5) is 18.4. The highest BCUT2D eigenvalue weighted by Crippen LogP contribution is 2.23. The van der Waals surface area contributed by atoms with E-state index < -0.39 is 0 Å². The Hall–Kier alpha value is -1.71. The third-order valence-electron chi connectivity index (χ3n) is 4.97. The van der Waals surface area contributed by atoms with Crippen molar-refractivity contribution in [3.8, 4) is 0 Å². The Balaban J connectivity index is 1.65. The first-order valence-corrected chi connectivity index (χ1v) is 10.0. The first-order valence-electron chi connectivity index (χ1n) is 10.0. The summed E-state index contributed by atoms with van der Waals surface area (Å²) in [5.74, 6) is 1.77. The highest BCUT2D eigenvalue weighted by molar-refractivity contribution is 5.44. The van der Waals surface area contributed by atoms with Gasteiger partial charge in [-0.1, -0.05) is 0 Å². The lowest BCUT2D eigenvalue weighted by molar-refractivity contribution is -0.0374. The predicted octanol–water partition coefficient (Wildman–Crippen LogP) is 0.786. The average molecular weight is 380 g/mol. The molecule has 0 aliphatic carbocycles. The van der Waals surface area contributed by atoms with Crippen LogP contribution in [0, 0.1) is 0 Å². The summed E-state index contributed by atoms with van der Waals surface area (Å²) < 4.78 is 5.67. The summed E-state index contributed by atoms with van der Waals surface area (Å²) >= 11 is 0.